The molecule has 25 heavy (non-hydrogen) atoms. The Kier molecular flexibility index (Phi) is 3.54. The van der Waals surface area contributed by atoms with Gasteiger partial charge in [-0.05, 0) is 24.3 Å². The molecule has 4 aromatic rings. The van der Waals surface area contributed by atoms with Crippen LogP contribution in [0.1, 0.15) is 10.4 Å². The molecule has 0 aliphatic heterocycles. The van der Waals surface area contributed by atoms with Crippen LogP contribution in [-0.4, -0.2) is 36.2 Å². The topological polar surface area (TPSA) is 89.6 Å². The number of para-hydroxylation sites is 1. The van der Waals surface area contributed by atoms with Crippen molar-refractivity contribution >= 4 is 32.1 Å². The minimum Gasteiger partial charge on any atom is -0.266 e. The average Bonchev–Trinajstić information content (AvgIpc) is 3.09. The van der Waals surface area contributed by atoms with E-state index in [1.54, 1.807) is 42.7 Å². The zero-order valence-electron chi connectivity index (χ0n) is 13.2. The van der Waals surface area contributed by atoms with Crippen LogP contribution >= 0.6 is 0 Å². The van der Waals surface area contributed by atoms with Crippen LogP contribution in [0.4, 0.5) is 0 Å². The van der Waals surface area contributed by atoms with Gasteiger partial charge >= 0.3 is 0 Å². The van der Waals surface area contributed by atoms with Crippen LogP contribution in [0.3, 0.4) is 0 Å². The van der Waals surface area contributed by atoms with E-state index in [1.807, 2.05) is 12.1 Å². The normalized spacial score (nSPS) is 13.6. The first kappa shape index (κ1) is 15.4. The van der Waals surface area contributed by atoms with Gasteiger partial charge in [-0.15, -0.1) is 5.10 Å². The molecule has 0 saturated carbocycles. The second-order valence-corrected chi connectivity index (χ2v) is 7.74. The summed E-state index contributed by atoms with van der Waals surface area (Å²) in [5.74, 6) is -0.576. The summed E-state index contributed by atoms with van der Waals surface area (Å²) < 4.78 is 18.7. The molecule has 1 unspecified atom stereocenters. The van der Waals surface area contributed by atoms with Crippen molar-refractivity contribution < 1.29 is 9.00 Å². The molecule has 0 bridgehead atoms. The zero-order chi connectivity index (χ0) is 17.4. The molecule has 8 heteroatoms. The number of carbonyl (C=O) groups is 1. The number of aromatic nitrogens is 4. The van der Waals surface area contributed by atoms with Crippen molar-refractivity contribution in [2.75, 3.05) is 6.26 Å². The fraction of sp³-hybridized carbons (Fsp3) is 0.0588. The van der Waals surface area contributed by atoms with Gasteiger partial charge in [0.25, 0.3) is 5.91 Å². The summed E-state index contributed by atoms with van der Waals surface area (Å²) in [5.41, 5.74) is 1.40. The van der Waals surface area contributed by atoms with Gasteiger partial charge in [0.15, 0.2) is 0 Å². The Hall–Kier alpha value is -3.13. The second kappa shape index (κ2) is 5.75. The maximum atomic E-state index is 13.2. The molecule has 0 radical (unpaired) electrons. The summed E-state index contributed by atoms with van der Waals surface area (Å²) in [5, 5.41) is 8.47. The lowest BCUT2D eigenvalue weighted by molar-refractivity contribution is 0.101. The van der Waals surface area contributed by atoms with E-state index >= 15 is 0 Å². The summed E-state index contributed by atoms with van der Waals surface area (Å²) in [6.07, 6.45) is 6.22. The number of amides is 1. The van der Waals surface area contributed by atoms with E-state index in [4.69, 9.17) is 0 Å². The van der Waals surface area contributed by atoms with E-state index in [0.717, 1.165) is 5.39 Å². The first-order valence-corrected chi connectivity index (χ1v) is 9.38. The zero-order valence-corrected chi connectivity index (χ0v) is 14.1. The van der Waals surface area contributed by atoms with Crippen molar-refractivity contribution in [2.45, 2.75) is 4.90 Å². The Labute approximate surface area is 143 Å². The molecule has 1 amide bonds. The van der Waals surface area contributed by atoms with Gasteiger partial charge in [-0.25, -0.2) is 8.72 Å². The molecule has 0 aliphatic carbocycles. The number of benzene rings is 1. The van der Waals surface area contributed by atoms with Crippen LogP contribution in [0.5, 0.6) is 0 Å². The molecule has 0 fully saturated rings. The highest BCUT2D eigenvalue weighted by molar-refractivity contribution is 7.93. The van der Waals surface area contributed by atoms with E-state index in [-0.39, 0.29) is 0 Å². The van der Waals surface area contributed by atoms with E-state index in [1.165, 1.54) is 17.0 Å². The summed E-state index contributed by atoms with van der Waals surface area (Å²) in [6, 6.07) is 12.3. The first-order valence-electron chi connectivity index (χ1n) is 7.45. The molecular weight excluding hydrogens is 338 g/mol. The lowest BCUT2D eigenvalue weighted by Crippen LogP contribution is -2.06. The van der Waals surface area contributed by atoms with Gasteiger partial charge in [0.05, 0.1) is 37.4 Å². The van der Waals surface area contributed by atoms with Gasteiger partial charge in [-0.1, -0.05) is 23.4 Å². The molecule has 0 spiro atoms. The first-order chi connectivity index (χ1) is 12.1. The molecule has 1 aromatic carbocycles. The SMILES string of the molecule is CS(=O)(=NC(=O)c1cccn2nncc12)c1cccc2cccnc12. The van der Waals surface area contributed by atoms with E-state index in [2.05, 4.69) is 19.7 Å². The summed E-state index contributed by atoms with van der Waals surface area (Å²) in [7, 11) is -2.97. The van der Waals surface area contributed by atoms with Crippen LogP contribution in [0.25, 0.3) is 16.4 Å². The number of hydrogen-bond donors (Lipinski definition) is 0. The molecule has 4 rings (SSSR count). The fourth-order valence-corrected chi connectivity index (χ4v) is 4.05. The lowest BCUT2D eigenvalue weighted by atomic mass is 10.2. The van der Waals surface area contributed by atoms with Crippen molar-refractivity contribution in [1.29, 1.82) is 0 Å². The molecule has 1 atom stereocenters. The van der Waals surface area contributed by atoms with Crippen molar-refractivity contribution in [3.05, 3.63) is 66.6 Å². The Balaban J connectivity index is 1.88. The van der Waals surface area contributed by atoms with Gasteiger partial charge in [0.2, 0.25) is 0 Å². The molecule has 0 saturated heterocycles. The van der Waals surface area contributed by atoms with Crippen LogP contribution in [0, 0.1) is 0 Å². The van der Waals surface area contributed by atoms with Crippen molar-refractivity contribution in [1.82, 2.24) is 19.8 Å². The highest BCUT2D eigenvalue weighted by Crippen LogP contribution is 2.23. The van der Waals surface area contributed by atoms with E-state index < -0.39 is 15.6 Å². The second-order valence-electron chi connectivity index (χ2n) is 5.52. The third kappa shape index (κ3) is 2.66. The van der Waals surface area contributed by atoms with Crippen molar-refractivity contribution in [3.8, 4) is 0 Å². The number of nitrogens with zero attached hydrogens (tertiary/aromatic N) is 5. The van der Waals surface area contributed by atoms with Gasteiger partial charge in [0, 0.05) is 24.0 Å². The lowest BCUT2D eigenvalue weighted by Gasteiger charge is -2.07. The Morgan fingerprint density at radius 1 is 1.16 bits per heavy atom. The monoisotopic (exact) mass is 351 g/mol. The van der Waals surface area contributed by atoms with Gasteiger partial charge in [-0.2, -0.15) is 4.36 Å². The van der Waals surface area contributed by atoms with Crippen molar-refractivity contribution in [2.24, 2.45) is 4.36 Å². The number of hydrogen-bond acceptors (Lipinski definition) is 5. The quantitative estimate of drug-likeness (QED) is 0.554. The van der Waals surface area contributed by atoms with E-state index in [9.17, 15) is 9.00 Å². The van der Waals surface area contributed by atoms with Crippen LogP contribution < -0.4 is 0 Å². The maximum Gasteiger partial charge on any atom is 0.287 e. The Morgan fingerprint density at radius 3 is 2.88 bits per heavy atom. The number of carbonyl (C=O) groups excluding carboxylic acids is 1. The largest absolute Gasteiger partial charge is 0.287 e. The van der Waals surface area contributed by atoms with Crippen LogP contribution in [-0.2, 0) is 9.73 Å². The molecule has 7 nitrogen and oxygen atoms in total. The number of rotatable bonds is 2. The highest BCUT2D eigenvalue weighted by atomic mass is 32.2. The summed E-state index contributed by atoms with van der Waals surface area (Å²) in [6.45, 7) is 0. The summed E-state index contributed by atoms with van der Waals surface area (Å²) >= 11 is 0. The Bertz CT molecular complexity index is 1230. The van der Waals surface area contributed by atoms with Gasteiger partial charge in [0.1, 0.15) is 0 Å². The van der Waals surface area contributed by atoms with Crippen molar-refractivity contribution in [3.63, 3.8) is 0 Å². The summed E-state index contributed by atoms with van der Waals surface area (Å²) in [4.78, 5) is 17.4. The number of pyridine rings is 2. The Morgan fingerprint density at radius 2 is 2.00 bits per heavy atom. The van der Waals surface area contributed by atoms with E-state index in [0.29, 0.717) is 21.5 Å². The van der Waals surface area contributed by atoms with Crippen LogP contribution in [0.2, 0.25) is 0 Å². The molecule has 0 aliphatic rings. The molecule has 0 N–H and O–H groups in total. The average molecular weight is 351 g/mol. The smallest absolute Gasteiger partial charge is 0.266 e. The third-order valence-electron chi connectivity index (χ3n) is 3.83. The van der Waals surface area contributed by atoms with Gasteiger partial charge < -0.3 is 0 Å². The number of fused-ring (bicyclic) bond motifs is 2. The molecule has 3 aromatic heterocycles. The molecule has 124 valence electrons. The maximum absolute atomic E-state index is 13.2. The van der Waals surface area contributed by atoms with Gasteiger partial charge in [-0.3, -0.25) is 9.78 Å². The predicted molar refractivity (Wildman–Crippen MR) is 93.8 cm³/mol. The molecular formula is C17H13N5O2S. The standard InChI is InChI=1S/C17H13N5O2S/c1-25(24,15-8-2-5-12-6-3-9-18-16(12)15)20-17(23)13-7-4-10-22-14(13)11-19-21-22/h2-11H,1H3. The minimum absolute atomic E-state index is 0.301. The molecule has 3 heterocycles. The highest BCUT2D eigenvalue weighted by Gasteiger charge is 2.17. The minimum atomic E-state index is -2.97. The van der Waals surface area contributed by atoms with Crippen LogP contribution in [0.15, 0.2) is 70.3 Å². The fourth-order valence-electron chi connectivity index (χ4n) is 2.67. The third-order valence-corrected chi connectivity index (χ3v) is 5.49. The predicted octanol–water partition coefficient (Wildman–Crippen LogP) is 2.57.